The second-order valence-electron chi connectivity index (χ2n) is 8.86. The highest BCUT2D eigenvalue weighted by molar-refractivity contribution is 6.30. The summed E-state index contributed by atoms with van der Waals surface area (Å²) in [5, 5.41) is 14.1. The molecule has 0 aliphatic rings. The summed E-state index contributed by atoms with van der Waals surface area (Å²) in [7, 11) is 1.63. The first-order valence-corrected chi connectivity index (χ1v) is 12.3. The number of furan rings is 1. The van der Waals surface area contributed by atoms with Crippen molar-refractivity contribution in [2.24, 2.45) is 0 Å². The molecule has 0 aliphatic carbocycles. The van der Waals surface area contributed by atoms with Gasteiger partial charge in [0.25, 0.3) is 5.56 Å². The molecule has 10 heteroatoms. The number of rotatable bonds is 10. The Balaban J connectivity index is 1.68. The molecule has 0 amide bonds. The van der Waals surface area contributed by atoms with Crippen LogP contribution < -0.4 is 5.56 Å². The Morgan fingerprint density at radius 2 is 1.97 bits per heavy atom. The number of benzene rings is 2. The van der Waals surface area contributed by atoms with Gasteiger partial charge in [-0.2, -0.15) is 0 Å². The molecule has 5 aromatic rings. The minimum Gasteiger partial charge on any atom is -0.468 e. The Morgan fingerprint density at radius 1 is 1.14 bits per heavy atom. The summed E-state index contributed by atoms with van der Waals surface area (Å²) >= 11 is 6.15. The van der Waals surface area contributed by atoms with Crippen LogP contribution in [-0.4, -0.2) is 43.8 Å². The highest BCUT2D eigenvalue weighted by atomic mass is 35.5. The summed E-state index contributed by atoms with van der Waals surface area (Å²) in [6, 6.07) is 18.7. The number of halogens is 1. The molecule has 0 radical (unpaired) electrons. The third-order valence-electron chi connectivity index (χ3n) is 6.33. The molecule has 0 saturated carbocycles. The van der Waals surface area contributed by atoms with Crippen LogP contribution in [0.25, 0.3) is 10.9 Å². The summed E-state index contributed by atoms with van der Waals surface area (Å²) in [4.78, 5) is 18.8. The number of pyridine rings is 1. The number of aromatic nitrogens is 5. The van der Waals surface area contributed by atoms with Crippen molar-refractivity contribution < 1.29 is 9.15 Å². The maximum absolute atomic E-state index is 13.6. The molecule has 9 nitrogen and oxygen atoms in total. The number of nitrogens with one attached hydrogen (secondary N) is 1. The van der Waals surface area contributed by atoms with Crippen molar-refractivity contribution in [1.82, 2.24) is 30.1 Å². The van der Waals surface area contributed by atoms with E-state index in [2.05, 4.69) is 25.4 Å². The van der Waals surface area contributed by atoms with E-state index in [1.807, 2.05) is 67.6 Å². The molecule has 0 saturated heterocycles. The van der Waals surface area contributed by atoms with Crippen LogP contribution in [0.1, 0.15) is 34.3 Å². The molecule has 3 aromatic heterocycles. The monoisotopic (exact) mass is 518 g/mol. The largest absolute Gasteiger partial charge is 0.468 e. The highest BCUT2D eigenvalue weighted by Crippen LogP contribution is 2.30. The van der Waals surface area contributed by atoms with Crippen molar-refractivity contribution in [3.8, 4) is 0 Å². The summed E-state index contributed by atoms with van der Waals surface area (Å²) in [6.07, 6.45) is 1.64. The lowest BCUT2D eigenvalue weighted by Crippen LogP contribution is -2.35. The van der Waals surface area contributed by atoms with E-state index in [1.54, 1.807) is 18.1 Å². The molecule has 1 atom stereocenters. The van der Waals surface area contributed by atoms with Gasteiger partial charge >= 0.3 is 0 Å². The standard InChI is InChI=1S/C27H27ClN6O3/c1-18-5-3-6-20-15-23(27(35)29-24(18)20)25(26-30-31-32-34(26)12-14-36-2)33(17-22-7-4-13-37-22)16-19-8-10-21(28)11-9-19/h3-11,13,15,25H,12,14,16-17H2,1-2H3,(H,29,35)/t25-/m1/s1. The topological polar surface area (TPSA) is 102 Å². The van der Waals surface area contributed by atoms with E-state index in [9.17, 15) is 4.79 Å². The van der Waals surface area contributed by atoms with E-state index in [0.717, 1.165) is 27.8 Å². The second kappa shape index (κ2) is 11.1. The molecular formula is C27H27ClN6O3. The number of tetrazole rings is 1. The Labute approximate surface area is 218 Å². The second-order valence-corrected chi connectivity index (χ2v) is 9.30. The molecule has 1 N–H and O–H groups in total. The average molecular weight is 519 g/mol. The molecule has 190 valence electrons. The average Bonchev–Trinajstić information content (AvgIpc) is 3.58. The summed E-state index contributed by atoms with van der Waals surface area (Å²) < 4.78 is 12.7. The minimum absolute atomic E-state index is 0.200. The van der Waals surface area contributed by atoms with Gasteiger partial charge in [-0.1, -0.05) is 41.9 Å². The van der Waals surface area contributed by atoms with Gasteiger partial charge in [-0.25, -0.2) is 4.68 Å². The van der Waals surface area contributed by atoms with E-state index in [4.69, 9.17) is 20.8 Å². The Hall–Kier alpha value is -3.79. The number of para-hydroxylation sites is 1. The highest BCUT2D eigenvalue weighted by Gasteiger charge is 2.31. The summed E-state index contributed by atoms with van der Waals surface area (Å²) in [5.41, 5.74) is 3.16. The first-order valence-electron chi connectivity index (χ1n) is 11.9. The lowest BCUT2D eigenvalue weighted by atomic mass is 10.0. The van der Waals surface area contributed by atoms with Crippen LogP contribution in [0, 0.1) is 6.92 Å². The molecule has 37 heavy (non-hydrogen) atoms. The summed E-state index contributed by atoms with van der Waals surface area (Å²) in [6.45, 7) is 3.75. The van der Waals surface area contributed by atoms with Gasteiger partial charge in [0.1, 0.15) is 11.8 Å². The number of hydrogen-bond donors (Lipinski definition) is 1. The Bertz CT molecular complexity index is 1530. The minimum atomic E-state index is -0.582. The van der Waals surface area contributed by atoms with Gasteiger partial charge in [-0.3, -0.25) is 9.69 Å². The Kier molecular flexibility index (Phi) is 7.45. The third kappa shape index (κ3) is 5.48. The number of hydrogen-bond acceptors (Lipinski definition) is 7. The number of ether oxygens (including phenoxy) is 1. The molecule has 0 fully saturated rings. The first kappa shape index (κ1) is 24.9. The van der Waals surface area contributed by atoms with Crippen LogP contribution in [0.2, 0.25) is 5.02 Å². The number of nitrogens with zero attached hydrogens (tertiary/aromatic N) is 5. The molecule has 0 bridgehead atoms. The maximum Gasteiger partial charge on any atom is 0.253 e. The fourth-order valence-electron chi connectivity index (χ4n) is 4.51. The van der Waals surface area contributed by atoms with E-state index in [1.165, 1.54) is 0 Å². The normalized spacial score (nSPS) is 12.4. The molecule has 0 aliphatic heterocycles. The van der Waals surface area contributed by atoms with Crippen molar-refractivity contribution >= 4 is 22.5 Å². The molecule has 0 unspecified atom stereocenters. The molecule has 2 aromatic carbocycles. The van der Waals surface area contributed by atoms with Crippen LogP contribution in [0.4, 0.5) is 0 Å². The van der Waals surface area contributed by atoms with Gasteiger partial charge in [0, 0.05) is 24.2 Å². The van der Waals surface area contributed by atoms with Crippen LogP contribution in [0.3, 0.4) is 0 Å². The number of methoxy groups -OCH3 is 1. The fourth-order valence-corrected chi connectivity index (χ4v) is 4.64. The van der Waals surface area contributed by atoms with Gasteiger partial charge in [-0.05, 0) is 64.2 Å². The first-order chi connectivity index (χ1) is 18.0. The zero-order valence-corrected chi connectivity index (χ0v) is 21.4. The number of aryl methyl sites for hydroxylation is 1. The van der Waals surface area contributed by atoms with Gasteiger partial charge in [-0.15, -0.1) is 5.10 Å². The van der Waals surface area contributed by atoms with Gasteiger partial charge in [0.15, 0.2) is 5.82 Å². The number of H-pyrrole nitrogens is 1. The van der Waals surface area contributed by atoms with E-state index in [0.29, 0.717) is 42.7 Å². The van der Waals surface area contributed by atoms with Crippen molar-refractivity contribution in [2.45, 2.75) is 32.6 Å². The quantitative estimate of drug-likeness (QED) is 0.290. The fraction of sp³-hybridized carbons (Fsp3) is 0.259. The predicted octanol–water partition coefficient (Wildman–Crippen LogP) is 4.51. The lowest BCUT2D eigenvalue weighted by Gasteiger charge is -2.30. The molecule has 5 rings (SSSR count). The van der Waals surface area contributed by atoms with Crippen molar-refractivity contribution in [2.75, 3.05) is 13.7 Å². The van der Waals surface area contributed by atoms with Crippen molar-refractivity contribution in [3.63, 3.8) is 0 Å². The van der Waals surface area contributed by atoms with Crippen molar-refractivity contribution in [3.05, 3.63) is 111 Å². The third-order valence-corrected chi connectivity index (χ3v) is 6.58. The van der Waals surface area contributed by atoms with Gasteiger partial charge < -0.3 is 14.1 Å². The van der Waals surface area contributed by atoms with Gasteiger partial charge in [0.05, 0.1) is 31.5 Å². The molecular weight excluding hydrogens is 492 g/mol. The van der Waals surface area contributed by atoms with Crippen molar-refractivity contribution in [1.29, 1.82) is 0 Å². The van der Waals surface area contributed by atoms with E-state index >= 15 is 0 Å². The van der Waals surface area contributed by atoms with Gasteiger partial charge in [0.2, 0.25) is 0 Å². The SMILES string of the molecule is COCCn1nnnc1[C@@H](c1cc2cccc(C)c2[nH]c1=O)N(Cc1ccc(Cl)cc1)Cc1ccco1. The van der Waals surface area contributed by atoms with E-state index in [-0.39, 0.29) is 5.56 Å². The number of fused-ring (bicyclic) bond motifs is 1. The summed E-state index contributed by atoms with van der Waals surface area (Å²) in [5.74, 6) is 1.29. The zero-order valence-electron chi connectivity index (χ0n) is 20.6. The zero-order chi connectivity index (χ0) is 25.8. The van der Waals surface area contributed by atoms with Crippen LogP contribution in [-0.2, 0) is 24.4 Å². The maximum atomic E-state index is 13.6. The molecule has 0 spiro atoms. The lowest BCUT2D eigenvalue weighted by molar-refractivity contribution is 0.163. The van der Waals surface area contributed by atoms with Crippen LogP contribution >= 0.6 is 11.6 Å². The smallest absolute Gasteiger partial charge is 0.253 e. The number of aromatic amines is 1. The van der Waals surface area contributed by atoms with E-state index < -0.39 is 6.04 Å². The Morgan fingerprint density at radius 3 is 2.73 bits per heavy atom. The van der Waals surface area contributed by atoms with Crippen LogP contribution in [0.5, 0.6) is 0 Å². The molecule has 3 heterocycles. The predicted molar refractivity (Wildman–Crippen MR) is 140 cm³/mol. The van der Waals surface area contributed by atoms with Crippen LogP contribution in [0.15, 0.2) is 76.1 Å².